The van der Waals surface area contributed by atoms with Crippen molar-refractivity contribution in [2.75, 3.05) is 6.54 Å². The van der Waals surface area contributed by atoms with E-state index in [1.807, 2.05) is 38.1 Å². The Morgan fingerprint density at radius 3 is 2.17 bits per heavy atom. The zero-order valence-corrected chi connectivity index (χ0v) is 23.7. The van der Waals surface area contributed by atoms with Crippen LogP contribution >= 0.6 is 0 Å². The van der Waals surface area contributed by atoms with E-state index in [0.717, 1.165) is 10.9 Å². The molecule has 0 radical (unpaired) electrons. The summed E-state index contributed by atoms with van der Waals surface area (Å²) in [7, 11) is 0. The molecule has 11 N–H and O–H groups in total. The number of benzene rings is 1. The van der Waals surface area contributed by atoms with Gasteiger partial charge in [-0.25, -0.2) is 4.79 Å². The highest BCUT2D eigenvalue weighted by Crippen LogP contribution is 2.19. The number of fused-ring (bicyclic) bond motifs is 1. The molecule has 4 atom stereocenters. The van der Waals surface area contributed by atoms with Crippen molar-refractivity contribution in [2.45, 2.75) is 83.0 Å². The number of hydrogen-bond donors (Lipinski definition) is 8. The lowest BCUT2D eigenvalue weighted by atomic mass is 10.0. The fourth-order valence-corrected chi connectivity index (χ4v) is 4.44. The van der Waals surface area contributed by atoms with Crippen molar-refractivity contribution in [3.05, 3.63) is 36.0 Å². The number of primary amides is 1. The molecule has 41 heavy (non-hydrogen) atoms. The van der Waals surface area contributed by atoms with Gasteiger partial charge in [-0.2, -0.15) is 0 Å². The molecule has 0 fully saturated rings. The van der Waals surface area contributed by atoms with Crippen LogP contribution in [0.25, 0.3) is 10.9 Å². The van der Waals surface area contributed by atoms with Gasteiger partial charge in [-0.1, -0.05) is 38.5 Å². The normalized spacial score (nSPS) is 14.2. The van der Waals surface area contributed by atoms with Gasteiger partial charge in [0, 0.05) is 29.9 Å². The van der Waals surface area contributed by atoms with E-state index in [0.29, 0.717) is 31.4 Å². The number of aliphatic carboxylic acids is 1. The van der Waals surface area contributed by atoms with Crippen LogP contribution in [0.3, 0.4) is 0 Å². The molecule has 2 aromatic rings. The topological polar surface area (TPSA) is 236 Å². The van der Waals surface area contributed by atoms with Crippen LogP contribution in [-0.2, 0) is 30.4 Å². The summed E-state index contributed by atoms with van der Waals surface area (Å²) in [5, 5.41) is 18.4. The molecule has 0 saturated carbocycles. The molecule has 4 amide bonds. The Balaban J connectivity index is 2.17. The number of amides is 4. The van der Waals surface area contributed by atoms with Crippen LogP contribution in [-0.4, -0.2) is 70.4 Å². The highest BCUT2D eigenvalue weighted by molar-refractivity contribution is 5.94. The molecule has 0 saturated heterocycles. The number of carbonyl (C=O) groups excluding carboxylic acids is 4. The Morgan fingerprint density at radius 1 is 0.902 bits per heavy atom. The van der Waals surface area contributed by atoms with Crippen molar-refractivity contribution in [3.63, 3.8) is 0 Å². The van der Waals surface area contributed by atoms with Gasteiger partial charge in [0.15, 0.2) is 0 Å². The number of H-pyrrole nitrogens is 1. The molecule has 13 heteroatoms. The first-order valence-corrected chi connectivity index (χ1v) is 13.9. The van der Waals surface area contributed by atoms with Gasteiger partial charge < -0.3 is 43.2 Å². The minimum atomic E-state index is -1.31. The summed E-state index contributed by atoms with van der Waals surface area (Å²) < 4.78 is 0. The quantitative estimate of drug-likeness (QED) is 0.113. The molecule has 0 aliphatic carbocycles. The summed E-state index contributed by atoms with van der Waals surface area (Å²) in [4.78, 5) is 65.8. The molecule has 13 nitrogen and oxygen atoms in total. The Bertz CT molecular complexity index is 1200. The molecule has 0 spiro atoms. The Morgan fingerprint density at radius 2 is 1.54 bits per heavy atom. The van der Waals surface area contributed by atoms with E-state index < -0.39 is 53.8 Å². The fourth-order valence-electron chi connectivity index (χ4n) is 4.44. The Kier molecular flexibility index (Phi) is 13.2. The first kappa shape index (κ1) is 33.2. The third kappa shape index (κ3) is 10.8. The van der Waals surface area contributed by atoms with Crippen LogP contribution in [0, 0.1) is 5.92 Å². The number of carboxylic acid groups (broad SMARTS) is 1. The zero-order valence-electron chi connectivity index (χ0n) is 23.7. The standard InChI is InChI=1S/C28H43N7O6/c1-16(2)13-22(34-25(37)19(30)8-5-6-12-29)27(39)33-21(10-11-24(31)36)26(38)35-23(28(40)41)14-17-15-32-20-9-4-3-7-18(17)20/h3-4,7,9,15-16,19,21-23,32H,5-6,8,10-14,29-30H2,1-2H3,(H2,31,36)(H,33,39)(H,34,37)(H,35,38)(H,40,41). The number of para-hydroxylation sites is 1. The van der Waals surface area contributed by atoms with Gasteiger partial charge in [0.2, 0.25) is 23.6 Å². The van der Waals surface area contributed by atoms with Crippen LogP contribution in [0.15, 0.2) is 30.5 Å². The van der Waals surface area contributed by atoms with E-state index in [1.165, 1.54) is 0 Å². The van der Waals surface area contributed by atoms with E-state index in [1.54, 1.807) is 6.20 Å². The van der Waals surface area contributed by atoms with Crippen molar-refractivity contribution < 1.29 is 29.1 Å². The number of nitrogens with one attached hydrogen (secondary N) is 4. The minimum Gasteiger partial charge on any atom is -0.480 e. The number of rotatable bonds is 18. The maximum Gasteiger partial charge on any atom is 0.326 e. The Labute approximate surface area is 239 Å². The van der Waals surface area contributed by atoms with Gasteiger partial charge in [-0.05, 0) is 49.8 Å². The molecular weight excluding hydrogens is 530 g/mol. The van der Waals surface area contributed by atoms with Crippen molar-refractivity contribution in [1.82, 2.24) is 20.9 Å². The Hall–Kier alpha value is -3.97. The number of carbonyl (C=O) groups is 5. The number of hydrogen-bond acceptors (Lipinski definition) is 7. The maximum absolute atomic E-state index is 13.3. The predicted molar refractivity (Wildman–Crippen MR) is 154 cm³/mol. The SMILES string of the molecule is CC(C)CC(NC(=O)C(N)CCCCN)C(=O)NC(CCC(N)=O)C(=O)NC(Cc1c[nH]c2ccccc12)C(=O)O. The zero-order chi connectivity index (χ0) is 30.5. The van der Waals surface area contributed by atoms with E-state index in [-0.39, 0.29) is 31.6 Å². The average molecular weight is 574 g/mol. The van der Waals surface area contributed by atoms with Gasteiger partial charge in [0.25, 0.3) is 0 Å². The van der Waals surface area contributed by atoms with Crippen LogP contribution < -0.4 is 33.2 Å². The number of nitrogens with two attached hydrogens (primary N) is 3. The van der Waals surface area contributed by atoms with Crippen LogP contribution in [0.4, 0.5) is 0 Å². The maximum atomic E-state index is 13.3. The van der Waals surface area contributed by atoms with E-state index in [2.05, 4.69) is 20.9 Å². The second-order valence-electron chi connectivity index (χ2n) is 10.6. The molecule has 2 rings (SSSR count). The third-order valence-electron chi connectivity index (χ3n) is 6.67. The average Bonchev–Trinajstić information content (AvgIpc) is 3.32. The monoisotopic (exact) mass is 573 g/mol. The second-order valence-corrected chi connectivity index (χ2v) is 10.6. The molecule has 0 aliphatic heterocycles. The number of carboxylic acids is 1. The molecule has 1 aromatic carbocycles. The van der Waals surface area contributed by atoms with Gasteiger partial charge >= 0.3 is 5.97 Å². The molecule has 1 heterocycles. The van der Waals surface area contributed by atoms with Crippen molar-refractivity contribution in [2.24, 2.45) is 23.1 Å². The van der Waals surface area contributed by atoms with Gasteiger partial charge in [0.1, 0.15) is 18.1 Å². The van der Waals surface area contributed by atoms with E-state index in [9.17, 15) is 29.1 Å². The van der Waals surface area contributed by atoms with Crippen LogP contribution in [0.5, 0.6) is 0 Å². The summed E-state index contributed by atoms with van der Waals surface area (Å²) in [5.74, 6) is -3.91. The summed E-state index contributed by atoms with van der Waals surface area (Å²) in [6.45, 7) is 4.21. The summed E-state index contributed by atoms with van der Waals surface area (Å²) >= 11 is 0. The summed E-state index contributed by atoms with van der Waals surface area (Å²) in [5.41, 5.74) is 18.3. The molecule has 226 valence electrons. The smallest absolute Gasteiger partial charge is 0.326 e. The lowest BCUT2D eigenvalue weighted by Gasteiger charge is -2.26. The predicted octanol–water partition coefficient (Wildman–Crippen LogP) is 0.0173. The molecule has 0 bridgehead atoms. The number of aromatic amines is 1. The van der Waals surface area contributed by atoms with Crippen molar-refractivity contribution in [3.8, 4) is 0 Å². The highest BCUT2D eigenvalue weighted by Gasteiger charge is 2.31. The number of unbranched alkanes of at least 4 members (excludes halogenated alkanes) is 1. The molecular formula is C28H43N7O6. The number of aromatic nitrogens is 1. The largest absolute Gasteiger partial charge is 0.480 e. The van der Waals surface area contributed by atoms with Gasteiger partial charge in [-0.3, -0.25) is 19.2 Å². The van der Waals surface area contributed by atoms with Gasteiger partial charge in [-0.15, -0.1) is 0 Å². The molecule has 1 aromatic heterocycles. The first-order chi connectivity index (χ1) is 19.4. The fraction of sp³-hybridized carbons (Fsp3) is 0.536. The van der Waals surface area contributed by atoms with Crippen molar-refractivity contribution in [1.29, 1.82) is 0 Å². The molecule has 0 aliphatic rings. The lowest BCUT2D eigenvalue weighted by molar-refractivity contribution is -0.142. The van der Waals surface area contributed by atoms with Gasteiger partial charge in [0.05, 0.1) is 6.04 Å². The van der Waals surface area contributed by atoms with Crippen molar-refractivity contribution >= 4 is 40.5 Å². The first-order valence-electron chi connectivity index (χ1n) is 13.9. The lowest BCUT2D eigenvalue weighted by Crippen LogP contribution is -2.57. The second kappa shape index (κ2) is 16.3. The highest BCUT2D eigenvalue weighted by atomic mass is 16.4. The summed E-state index contributed by atoms with van der Waals surface area (Å²) in [6.07, 6.45) is 3.30. The minimum absolute atomic E-state index is 0.00461. The molecule has 4 unspecified atom stereocenters. The van der Waals surface area contributed by atoms with Crippen LogP contribution in [0.1, 0.15) is 57.9 Å². The third-order valence-corrected chi connectivity index (χ3v) is 6.67. The van der Waals surface area contributed by atoms with E-state index in [4.69, 9.17) is 17.2 Å². The summed E-state index contributed by atoms with van der Waals surface area (Å²) in [6, 6.07) is 2.93. The van der Waals surface area contributed by atoms with E-state index >= 15 is 0 Å². The van der Waals surface area contributed by atoms with Crippen LogP contribution in [0.2, 0.25) is 0 Å².